The van der Waals surface area contributed by atoms with Gasteiger partial charge in [0, 0.05) is 16.1 Å². The van der Waals surface area contributed by atoms with Gasteiger partial charge in [-0.05, 0) is 37.3 Å². The van der Waals surface area contributed by atoms with Gasteiger partial charge in [-0.2, -0.15) is 0 Å². The number of nitrogen functional groups attached to an aromatic ring is 1. The van der Waals surface area contributed by atoms with Crippen molar-refractivity contribution in [3.05, 3.63) is 58.6 Å². The molecule has 0 bridgehead atoms. The van der Waals surface area contributed by atoms with Crippen LogP contribution in [0.1, 0.15) is 18.1 Å². The van der Waals surface area contributed by atoms with Crippen LogP contribution in [0.3, 0.4) is 0 Å². The van der Waals surface area contributed by atoms with E-state index in [1.165, 1.54) is 0 Å². The fourth-order valence-electron chi connectivity index (χ4n) is 1.79. The Bertz CT molecular complexity index is 627. The Labute approximate surface area is 129 Å². The first kappa shape index (κ1) is 15.2. The third kappa shape index (κ3) is 4.13. The molecule has 0 radical (unpaired) electrons. The molecule has 0 heterocycles. The predicted octanol–water partition coefficient (Wildman–Crippen LogP) is 3.60. The van der Waals surface area contributed by atoms with Crippen LogP contribution in [0.2, 0.25) is 5.02 Å². The van der Waals surface area contributed by atoms with Gasteiger partial charge in [0.2, 0.25) is 0 Å². The molecular weight excluding hydrogens is 288 g/mol. The number of nitrogens with one attached hydrogen (secondary N) is 1. The maximum Gasteiger partial charge on any atom is 0.122 e. The molecule has 21 heavy (non-hydrogen) atoms. The summed E-state index contributed by atoms with van der Waals surface area (Å²) in [5.41, 5.74) is 6.86. The Kier molecular flexibility index (Phi) is 5.06. The molecule has 4 nitrogen and oxygen atoms in total. The number of hydrogen-bond donors (Lipinski definition) is 2. The quantitative estimate of drug-likeness (QED) is 0.633. The predicted molar refractivity (Wildman–Crippen MR) is 84.4 cm³/mol. The van der Waals surface area contributed by atoms with Crippen LogP contribution in [0.25, 0.3) is 0 Å². The van der Waals surface area contributed by atoms with Gasteiger partial charge in [0.05, 0.1) is 6.61 Å². The van der Waals surface area contributed by atoms with E-state index in [1.54, 1.807) is 12.1 Å². The van der Waals surface area contributed by atoms with Gasteiger partial charge in [0.1, 0.15) is 23.9 Å². The number of rotatable bonds is 6. The highest BCUT2D eigenvalue weighted by atomic mass is 35.5. The van der Waals surface area contributed by atoms with Gasteiger partial charge in [-0.3, -0.25) is 5.41 Å². The molecule has 0 aliphatic carbocycles. The van der Waals surface area contributed by atoms with Gasteiger partial charge >= 0.3 is 0 Å². The molecule has 2 rings (SSSR count). The number of halogens is 1. The zero-order valence-corrected chi connectivity index (χ0v) is 12.5. The lowest BCUT2D eigenvalue weighted by Gasteiger charge is -2.10. The average Bonchev–Trinajstić information content (AvgIpc) is 2.47. The number of nitrogens with two attached hydrogens (primary N) is 1. The first-order valence-electron chi connectivity index (χ1n) is 6.58. The second kappa shape index (κ2) is 6.99. The monoisotopic (exact) mass is 304 g/mol. The maximum absolute atomic E-state index is 7.37. The fraction of sp³-hybridized carbons (Fsp3) is 0.188. The minimum Gasteiger partial charge on any atom is -0.494 e. The Morgan fingerprint density at radius 3 is 2.24 bits per heavy atom. The largest absolute Gasteiger partial charge is 0.494 e. The van der Waals surface area contributed by atoms with Crippen LogP contribution in [-0.4, -0.2) is 12.4 Å². The van der Waals surface area contributed by atoms with Crippen molar-refractivity contribution in [1.29, 1.82) is 5.41 Å². The first-order valence-corrected chi connectivity index (χ1v) is 6.96. The van der Waals surface area contributed by atoms with E-state index in [2.05, 4.69) is 0 Å². The number of benzene rings is 2. The molecular formula is C16H17ClN2O2. The second-order valence-corrected chi connectivity index (χ2v) is 4.82. The van der Waals surface area contributed by atoms with Crippen LogP contribution in [0.4, 0.5) is 0 Å². The lowest BCUT2D eigenvalue weighted by atomic mass is 10.1. The summed E-state index contributed by atoms with van der Waals surface area (Å²) in [4.78, 5) is 0. The summed E-state index contributed by atoms with van der Waals surface area (Å²) in [7, 11) is 0. The van der Waals surface area contributed by atoms with E-state index >= 15 is 0 Å². The van der Waals surface area contributed by atoms with Crippen molar-refractivity contribution in [1.82, 2.24) is 0 Å². The van der Waals surface area contributed by atoms with E-state index < -0.39 is 0 Å². The Morgan fingerprint density at radius 2 is 1.71 bits per heavy atom. The van der Waals surface area contributed by atoms with E-state index in [4.69, 9.17) is 32.2 Å². The highest BCUT2D eigenvalue weighted by Gasteiger charge is 2.05. The Balaban J connectivity index is 2.01. The van der Waals surface area contributed by atoms with Crippen molar-refractivity contribution in [2.75, 3.05) is 6.61 Å². The molecule has 2 aromatic rings. The van der Waals surface area contributed by atoms with Crippen LogP contribution in [0, 0.1) is 5.41 Å². The van der Waals surface area contributed by atoms with Crippen molar-refractivity contribution in [2.24, 2.45) is 5.73 Å². The molecule has 0 spiro atoms. The fourth-order valence-corrected chi connectivity index (χ4v) is 2.03. The zero-order chi connectivity index (χ0) is 15.2. The molecule has 110 valence electrons. The molecule has 0 atom stereocenters. The maximum atomic E-state index is 7.37. The molecule has 0 saturated heterocycles. The van der Waals surface area contributed by atoms with Gasteiger partial charge in [-0.1, -0.05) is 23.7 Å². The topological polar surface area (TPSA) is 68.3 Å². The molecule has 3 N–H and O–H groups in total. The van der Waals surface area contributed by atoms with Crippen LogP contribution in [0.5, 0.6) is 11.5 Å². The van der Waals surface area contributed by atoms with Gasteiger partial charge < -0.3 is 15.2 Å². The lowest BCUT2D eigenvalue weighted by molar-refractivity contribution is 0.304. The van der Waals surface area contributed by atoms with Crippen molar-refractivity contribution in [3.8, 4) is 11.5 Å². The van der Waals surface area contributed by atoms with E-state index in [1.807, 2.05) is 37.3 Å². The number of ether oxygens (including phenoxy) is 2. The smallest absolute Gasteiger partial charge is 0.122 e. The Morgan fingerprint density at radius 1 is 1.10 bits per heavy atom. The third-order valence-corrected chi connectivity index (χ3v) is 3.24. The molecule has 0 aromatic heterocycles. The van der Waals surface area contributed by atoms with Crippen molar-refractivity contribution < 1.29 is 9.47 Å². The van der Waals surface area contributed by atoms with E-state index in [9.17, 15) is 0 Å². The highest BCUT2D eigenvalue weighted by Crippen LogP contribution is 2.22. The van der Waals surface area contributed by atoms with Crippen LogP contribution in [-0.2, 0) is 6.61 Å². The number of hydrogen-bond acceptors (Lipinski definition) is 3. The third-order valence-electron chi connectivity index (χ3n) is 2.89. The Hall–Kier alpha value is -2.20. The van der Waals surface area contributed by atoms with Gasteiger partial charge in [0.15, 0.2) is 0 Å². The summed E-state index contributed by atoms with van der Waals surface area (Å²) in [6.45, 7) is 2.93. The summed E-state index contributed by atoms with van der Waals surface area (Å²) in [6.07, 6.45) is 0. The summed E-state index contributed by atoms with van der Waals surface area (Å²) in [5, 5.41) is 7.91. The van der Waals surface area contributed by atoms with Crippen molar-refractivity contribution in [3.63, 3.8) is 0 Å². The van der Waals surface area contributed by atoms with E-state index in [0.717, 1.165) is 17.1 Å². The van der Waals surface area contributed by atoms with Gasteiger partial charge in [-0.25, -0.2) is 0 Å². The second-order valence-electron chi connectivity index (χ2n) is 4.41. The minimum absolute atomic E-state index is 0.00381. The molecule has 0 aliphatic heterocycles. The summed E-state index contributed by atoms with van der Waals surface area (Å²) >= 11 is 6.15. The highest BCUT2D eigenvalue weighted by molar-refractivity contribution is 6.31. The van der Waals surface area contributed by atoms with E-state index in [0.29, 0.717) is 23.8 Å². The van der Waals surface area contributed by atoms with Crippen molar-refractivity contribution in [2.45, 2.75) is 13.5 Å². The lowest BCUT2D eigenvalue weighted by Crippen LogP contribution is -2.11. The molecule has 0 aliphatic rings. The summed E-state index contributed by atoms with van der Waals surface area (Å²) < 4.78 is 11.1. The SMILES string of the molecule is CCOc1ccc(OCc2ccc(C(=N)N)cc2Cl)cc1. The summed E-state index contributed by atoms with van der Waals surface area (Å²) in [6, 6.07) is 12.7. The molecule has 0 amide bonds. The summed E-state index contributed by atoms with van der Waals surface area (Å²) in [5.74, 6) is 1.55. The average molecular weight is 305 g/mol. The molecule has 5 heteroatoms. The van der Waals surface area contributed by atoms with Crippen LogP contribution in [0.15, 0.2) is 42.5 Å². The minimum atomic E-state index is -0.00381. The van der Waals surface area contributed by atoms with E-state index in [-0.39, 0.29) is 5.84 Å². The van der Waals surface area contributed by atoms with Crippen molar-refractivity contribution >= 4 is 17.4 Å². The molecule has 0 fully saturated rings. The van der Waals surface area contributed by atoms with Crippen LogP contribution < -0.4 is 15.2 Å². The molecule has 0 saturated carbocycles. The van der Waals surface area contributed by atoms with Gasteiger partial charge in [0.25, 0.3) is 0 Å². The number of amidine groups is 1. The molecule has 0 unspecified atom stereocenters. The first-order chi connectivity index (χ1) is 10.1. The van der Waals surface area contributed by atoms with Crippen LogP contribution >= 0.6 is 11.6 Å². The standard InChI is InChI=1S/C16H17ClN2O2/c1-2-20-13-5-7-14(8-6-13)21-10-12-4-3-11(16(18)19)9-15(12)17/h3-9H,2,10H2,1H3,(H3,18,19). The zero-order valence-electron chi connectivity index (χ0n) is 11.7. The molecule has 2 aromatic carbocycles. The normalized spacial score (nSPS) is 10.2. The van der Waals surface area contributed by atoms with Gasteiger partial charge in [-0.15, -0.1) is 0 Å².